The average Bonchev–Trinajstić information content (AvgIpc) is 2.55. The van der Waals surface area contributed by atoms with Crippen LogP contribution in [0.15, 0.2) is 36.4 Å². The van der Waals surface area contributed by atoms with Gasteiger partial charge >= 0.3 is 0 Å². The summed E-state index contributed by atoms with van der Waals surface area (Å²) in [6, 6.07) is 12.1. The Morgan fingerprint density at radius 2 is 1.48 bits per heavy atom. The van der Waals surface area contributed by atoms with Gasteiger partial charge in [-0.15, -0.1) is 0 Å². The summed E-state index contributed by atoms with van der Waals surface area (Å²) in [6.07, 6.45) is 0. The number of aromatic nitrogens is 2. The molecule has 23 heavy (non-hydrogen) atoms. The van der Waals surface area contributed by atoms with Crippen LogP contribution in [0.3, 0.4) is 0 Å². The van der Waals surface area contributed by atoms with Gasteiger partial charge in [-0.25, -0.2) is 0 Å². The molecule has 1 unspecified atom stereocenters. The average molecular weight is 314 g/mol. The van der Waals surface area contributed by atoms with Crippen molar-refractivity contribution in [1.82, 2.24) is 9.97 Å². The van der Waals surface area contributed by atoms with Crippen LogP contribution in [-0.2, 0) is 22.7 Å². The second-order valence-corrected chi connectivity index (χ2v) is 6.11. The fraction of sp³-hybridized carbons (Fsp3) is 0.474. The van der Waals surface area contributed by atoms with Crippen LogP contribution in [0.5, 0.6) is 0 Å². The summed E-state index contributed by atoms with van der Waals surface area (Å²) < 4.78 is 11.0. The second kappa shape index (κ2) is 8.75. The van der Waals surface area contributed by atoms with E-state index in [-0.39, 0.29) is 5.92 Å². The first-order chi connectivity index (χ1) is 11.1. The molecule has 0 aliphatic heterocycles. The lowest BCUT2D eigenvalue weighted by Gasteiger charge is -2.13. The van der Waals surface area contributed by atoms with E-state index in [1.165, 1.54) is 0 Å². The monoisotopic (exact) mass is 314 g/mol. The molecule has 124 valence electrons. The standard InChI is InChI=1S/C19H26N2O2/c1-14(2)18-9-5-8-17(20-18)13-23-11-15(3)19-10-6-7-16(21-19)12-22-4/h5-10,14-15H,11-13H2,1-4H3. The third-order valence-corrected chi connectivity index (χ3v) is 3.66. The molecular formula is C19H26N2O2. The zero-order valence-corrected chi connectivity index (χ0v) is 14.5. The van der Waals surface area contributed by atoms with E-state index in [1.807, 2.05) is 30.3 Å². The van der Waals surface area contributed by atoms with Gasteiger partial charge in [0, 0.05) is 24.4 Å². The molecule has 0 bridgehead atoms. The van der Waals surface area contributed by atoms with Crippen molar-refractivity contribution >= 4 is 0 Å². The number of nitrogens with zero attached hydrogens (tertiary/aromatic N) is 2. The Morgan fingerprint density at radius 3 is 2.13 bits per heavy atom. The first-order valence-corrected chi connectivity index (χ1v) is 8.08. The maximum absolute atomic E-state index is 5.84. The summed E-state index contributed by atoms with van der Waals surface area (Å²) in [7, 11) is 1.68. The van der Waals surface area contributed by atoms with Crippen LogP contribution in [0.4, 0.5) is 0 Å². The molecule has 0 saturated carbocycles. The third-order valence-electron chi connectivity index (χ3n) is 3.66. The number of pyridine rings is 2. The summed E-state index contributed by atoms with van der Waals surface area (Å²) in [5, 5.41) is 0. The lowest BCUT2D eigenvalue weighted by atomic mass is 10.1. The quantitative estimate of drug-likeness (QED) is 0.737. The molecule has 2 heterocycles. The molecule has 0 N–H and O–H groups in total. The summed E-state index contributed by atoms with van der Waals surface area (Å²) in [5.74, 6) is 0.668. The fourth-order valence-corrected chi connectivity index (χ4v) is 2.33. The Hall–Kier alpha value is -1.78. The lowest BCUT2D eigenvalue weighted by Crippen LogP contribution is -2.08. The molecule has 0 fully saturated rings. The van der Waals surface area contributed by atoms with E-state index >= 15 is 0 Å². The van der Waals surface area contributed by atoms with E-state index in [0.29, 0.717) is 25.7 Å². The highest BCUT2D eigenvalue weighted by Gasteiger charge is 2.09. The van der Waals surface area contributed by atoms with Gasteiger partial charge in [-0.1, -0.05) is 32.9 Å². The lowest BCUT2D eigenvalue weighted by molar-refractivity contribution is 0.107. The van der Waals surface area contributed by atoms with E-state index in [2.05, 4.69) is 36.8 Å². The van der Waals surface area contributed by atoms with Gasteiger partial charge in [-0.2, -0.15) is 0 Å². The highest BCUT2D eigenvalue weighted by molar-refractivity contribution is 5.15. The topological polar surface area (TPSA) is 44.2 Å². The van der Waals surface area contributed by atoms with Gasteiger partial charge in [0.2, 0.25) is 0 Å². The first kappa shape index (κ1) is 17.6. The molecule has 0 amide bonds. The normalized spacial score (nSPS) is 12.6. The fourth-order valence-electron chi connectivity index (χ4n) is 2.33. The van der Waals surface area contributed by atoms with Crippen LogP contribution in [0, 0.1) is 0 Å². The van der Waals surface area contributed by atoms with Gasteiger partial charge in [0.05, 0.1) is 31.2 Å². The van der Waals surface area contributed by atoms with Crippen LogP contribution >= 0.6 is 0 Å². The van der Waals surface area contributed by atoms with Gasteiger partial charge < -0.3 is 9.47 Å². The van der Waals surface area contributed by atoms with Crippen LogP contribution in [0.2, 0.25) is 0 Å². The molecule has 4 heteroatoms. The van der Waals surface area contributed by atoms with Crippen molar-refractivity contribution in [3.63, 3.8) is 0 Å². The number of methoxy groups -OCH3 is 1. The smallest absolute Gasteiger partial charge is 0.0888 e. The van der Waals surface area contributed by atoms with E-state index in [9.17, 15) is 0 Å². The summed E-state index contributed by atoms with van der Waals surface area (Å²) >= 11 is 0. The molecule has 0 radical (unpaired) electrons. The number of hydrogen-bond donors (Lipinski definition) is 0. The van der Waals surface area contributed by atoms with Crippen molar-refractivity contribution in [2.75, 3.05) is 13.7 Å². The first-order valence-electron chi connectivity index (χ1n) is 8.08. The number of hydrogen-bond acceptors (Lipinski definition) is 4. The maximum Gasteiger partial charge on any atom is 0.0888 e. The highest BCUT2D eigenvalue weighted by atomic mass is 16.5. The summed E-state index contributed by atoms with van der Waals surface area (Å²) in [4.78, 5) is 9.23. The zero-order valence-electron chi connectivity index (χ0n) is 14.5. The molecule has 0 aliphatic rings. The highest BCUT2D eigenvalue weighted by Crippen LogP contribution is 2.16. The maximum atomic E-state index is 5.84. The van der Waals surface area contributed by atoms with E-state index < -0.39 is 0 Å². The van der Waals surface area contributed by atoms with Gasteiger partial charge in [0.25, 0.3) is 0 Å². The number of ether oxygens (including phenoxy) is 2. The molecule has 2 aromatic heterocycles. The van der Waals surface area contributed by atoms with Crippen molar-refractivity contribution in [2.45, 2.75) is 45.8 Å². The van der Waals surface area contributed by atoms with Crippen molar-refractivity contribution in [1.29, 1.82) is 0 Å². The third kappa shape index (κ3) is 5.41. The molecule has 2 rings (SSSR count). The molecule has 1 atom stereocenters. The summed E-state index contributed by atoms with van der Waals surface area (Å²) in [5.41, 5.74) is 4.06. The van der Waals surface area contributed by atoms with E-state index in [1.54, 1.807) is 7.11 Å². The Bertz CT molecular complexity index is 614. The van der Waals surface area contributed by atoms with Crippen molar-refractivity contribution in [3.8, 4) is 0 Å². The number of rotatable bonds is 8. The van der Waals surface area contributed by atoms with Crippen LogP contribution in [-0.4, -0.2) is 23.7 Å². The Morgan fingerprint density at radius 1 is 0.870 bits per heavy atom. The Labute approximate surface area is 138 Å². The molecule has 0 spiro atoms. The Kier molecular flexibility index (Phi) is 6.68. The second-order valence-electron chi connectivity index (χ2n) is 6.11. The van der Waals surface area contributed by atoms with Crippen molar-refractivity contribution in [3.05, 3.63) is 59.2 Å². The van der Waals surface area contributed by atoms with Gasteiger partial charge in [0.1, 0.15) is 0 Å². The largest absolute Gasteiger partial charge is 0.378 e. The van der Waals surface area contributed by atoms with E-state index in [4.69, 9.17) is 9.47 Å². The predicted molar refractivity (Wildman–Crippen MR) is 91.3 cm³/mol. The van der Waals surface area contributed by atoms with Gasteiger partial charge in [-0.3, -0.25) is 9.97 Å². The van der Waals surface area contributed by atoms with Crippen LogP contribution < -0.4 is 0 Å². The van der Waals surface area contributed by atoms with Crippen LogP contribution in [0.25, 0.3) is 0 Å². The van der Waals surface area contributed by atoms with Crippen molar-refractivity contribution in [2.24, 2.45) is 0 Å². The van der Waals surface area contributed by atoms with Gasteiger partial charge in [0.15, 0.2) is 0 Å². The van der Waals surface area contributed by atoms with E-state index in [0.717, 1.165) is 22.8 Å². The summed E-state index contributed by atoms with van der Waals surface area (Å²) in [6.45, 7) is 8.10. The Balaban J connectivity index is 1.88. The molecule has 0 saturated heterocycles. The molecule has 0 aliphatic carbocycles. The molecule has 0 aromatic carbocycles. The molecule has 4 nitrogen and oxygen atoms in total. The predicted octanol–water partition coefficient (Wildman–Crippen LogP) is 4.07. The minimum absolute atomic E-state index is 0.236. The minimum Gasteiger partial charge on any atom is -0.378 e. The minimum atomic E-state index is 0.236. The van der Waals surface area contributed by atoms with Crippen molar-refractivity contribution < 1.29 is 9.47 Å². The zero-order chi connectivity index (χ0) is 16.7. The van der Waals surface area contributed by atoms with Gasteiger partial charge in [-0.05, 0) is 30.2 Å². The SMILES string of the molecule is COCc1cccc(C(C)COCc2cccc(C(C)C)n2)n1. The van der Waals surface area contributed by atoms with Crippen LogP contribution in [0.1, 0.15) is 55.4 Å². The molecular weight excluding hydrogens is 288 g/mol. The molecule has 2 aromatic rings.